The maximum absolute atomic E-state index is 12.3. The Kier molecular flexibility index (Phi) is 5.21. The molecule has 4 heteroatoms. The quantitative estimate of drug-likeness (QED) is 0.737. The van der Waals surface area contributed by atoms with E-state index in [1.165, 1.54) is 0 Å². The van der Waals surface area contributed by atoms with Crippen molar-refractivity contribution in [3.05, 3.63) is 52.2 Å². The van der Waals surface area contributed by atoms with Crippen LogP contribution in [0.15, 0.2) is 41.1 Å². The molecule has 1 unspecified atom stereocenters. The average molecular weight is 308 g/mol. The van der Waals surface area contributed by atoms with Crippen LogP contribution in [0.2, 0.25) is 0 Å². The van der Waals surface area contributed by atoms with Crippen LogP contribution in [0.1, 0.15) is 31.0 Å². The molecule has 0 spiro atoms. The molecule has 0 N–H and O–H groups in total. The maximum atomic E-state index is 12.3. The first-order valence-corrected chi connectivity index (χ1v) is 8.14. The van der Waals surface area contributed by atoms with Crippen LogP contribution in [-0.2, 0) is 11.2 Å². The number of anilines is 1. The van der Waals surface area contributed by atoms with E-state index in [1.807, 2.05) is 35.4 Å². The fourth-order valence-corrected chi connectivity index (χ4v) is 3.21. The van der Waals surface area contributed by atoms with Gasteiger partial charge in [-0.25, -0.2) is 0 Å². The third-order valence-corrected chi connectivity index (χ3v) is 4.36. The maximum Gasteiger partial charge on any atom is 0.242 e. The Balaban J connectivity index is 2.45. The lowest BCUT2D eigenvalue weighted by Crippen LogP contribution is -2.35. The summed E-state index contributed by atoms with van der Waals surface area (Å²) in [5.41, 5.74) is 3.26. The van der Waals surface area contributed by atoms with Crippen molar-refractivity contribution in [1.29, 1.82) is 0 Å². The molecule has 0 bridgehead atoms. The number of alkyl halides is 1. The minimum Gasteiger partial charge on any atom is -0.304 e. The van der Waals surface area contributed by atoms with Crippen LogP contribution >= 0.6 is 22.9 Å². The van der Waals surface area contributed by atoms with E-state index in [1.54, 1.807) is 11.3 Å². The summed E-state index contributed by atoms with van der Waals surface area (Å²) in [5, 5.41) is 4.11. The number of hydrogen-bond acceptors (Lipinski definition) is 2. The van der Waals surface area contributed by atoms with Gasteiger partial charge in [-0.05, 0) is 47.4 Å². The Morgan fingerprint density at radius 1 is 1.35 bits per heavy atom. The number of carbonyl (C=O) groups excluding carboxylic acids is 1. The van der Waals surface area contributed by atoms with Gasteiger partial charge in [-0.3, -0.25) is 4.79 Å². The molecule has 1 heterocycles. The normalized spacial score (nSPS) is 12.2. The molecule has 1 amide bonds. The van der Waals surface area contributed by atoms with Gasteiger partial charge in [0.05, 0.1) is 6.04 Å². The summed E-state index contributed by atoms with van der Waals surface area (Å²) >= 11 is 7.45. The fraction of sp³-hybridized carbons (Fsp3) is 0.312. The van der Waals surface area contributed by atoms with E-state index in [-0.39, 0.29) is 17.8 Å². The van der Waals surface area contributed by atoms with E-state index in [0.29, 0.717) is 0 Å². The van der Waals surface area contributed by atoms with Gasteiger partial charge in [0.2, 0.25) is 5.91 Å². The Morgan fingerprint density at radius 2 is 2.10 bits per heavy atom. The van der Waals surface area contributed by atoms with Gasteiger partial charge in [-0.15, -0.1) is 11.6 Å². The van der Waals surface area contributed by atoms with Gasteiger partial charge in [-0.2, -0.15) is 11.3 Å². The number of amides is 1. The van der Waals surface area contributed by atoms with Crippen molar-refractivity contribution in [3.8, 4) is 0 Å². The summed E-state index contributed by atoms with van der Waals surface area (Å²) in [6.07, 6.45) is 0.887. The Morgan fingerprint density at radius 3 is 2.70 bits per heavy atom. The monoisotopic (exact) mass is 307 g/mol. The summed E-state index contributed by atoms with van der Waals surface area (Å²) in [6.45, 7) is 4.14. The zero-order valence-electron chi connectivity index (χ0n) is 11.7. The van der Waals surface area contributed by atoms with Crippen molar-refractivity contribution >= 4 is 34.5 Å². The number of thiophene rings is 1. The van der Waals surface area contributed by atoms with Gasteiger partial charge >= 0.3 is 0 Å². The second-order valence-corrected chi connectivity index (χ2v) is 5.66. The van der Waals surface area contributed by atoms with E-state index >= 15 is 0 Å². The molecular formula is C16H18ClNOS. The van der Waals surface area contributed by atoms with Crippen molar-refractivity contribution < 1.29 is 4.79 Å². The molecule has 1 aromatic carbocycles. The first-order chi connectivity index (χ1) is 9.69. The van der Waals surface area contributed by atoms with E-state index in [0.717, 1.165) is 23.2 Å². The SMILES string of the molecule is CCc1ccccc1N(C(=O)CCl)C(C)c1ccsc1. The van der Waals surface area contributed by atoms with Crippen molar-refractivity contribution in [2.75, 3.05) is 10.8 Å². The zero-order valence-corrected chi connectivity index (χ0v) is 13.2. The van der Waals surface area contributed by atoms with Crippen LogP contribution in [0.4, 0.5) is 5.69 Å². The number of nitrogens with zero attached hydrogens (tertiary/aromatic N) is 1. The molecule has 106 valence electrons. The van der Waals surface area contributed by atoms with E-state index < -0.39 is 0 Å². The number of aryl methyl sites for hydroxylation is 1. The summed E-state index contributed by atoms with van der Waals surface area (Å²) in [6, 6.07) is 10.1. The van der Waals surface area contributed by atoms with Crippen LogP contribution in [0.25, 0.3) is 0 Å². The highest BCUT2D eigenvalue weighted by atomic mass is 35.5. The second kappa shape index (κ2) is 6.91. The third kappa shape index (κ3) is 3.05. The number of halogens is 1. The van der Waals surface area contributed by atoms with E-state index in [4.69, 9.17) is 11.6 Å². The number of rotatable bonds is 5. The summed E-state index contributed by atoms with van der Waals surface area (Å²) in [5.74, 6) is -0.0711. The number of benzene rings is 1. The molecule has 1 aromatic heterocycles. The number of para-hydroxylation sites is 1. The molecule has 0 fully saturated rings. The number of hydrogen-bond donors (Lipinski definition) is 0. The molecule has 0 aliphatic rings. The number of carbonyl (C=O) groups is 1. The lowest BCUT2D eigenvalue weighted by atomic mass is 10.1. The molecule has 0 aliphatic heterocycles. The lowest BCUT2D eigenvalue weighted by Gasteiger charge is -2.30. The fourth-order valence-electron chi connectivity index (χ4n) is 2.33. The Hall–Kier alpha value is -1.32. The van der Waals surface area contributed by atoms with Crippen LogP contribution in [0.3, 0.4) is 0 Å². The molecule has 0 saturated carbocycles. The van der Waals surface area contributed by atoms with Crippen LogP contribution < -0.4 is 4.90 Å². The summed E-state index contributed by atoms with van der Waals surface area (Å²) in [7, 11) is 0. The van der Waals surface area contributed by atoms with Crippen molar-refractivity contribution in [1.82, 2.24) is 0 Å². The van der Waals surface area contributed by atoms with E-state index in [2.05, 4.69) is 24.4 Å². The summed E-state index contributed by atoms with van der Waals surface area (Å²) in [4.78, 5) is 14.1. The molecule has 20 heavy (non-hydrogen) atoms. The van der Waals surface area contributed by atoms with Crippen molar-refractivity contribution in [2.45, 2.75) is 26.3 Å². The largest absolute Gasteiger partial charge is 0.304 e. The van der Waals surface area contributed by atoms with Gasteiger partial charge in [0.25, 0.3) is 0 Å². The van der Waals surface area contributed by atoms with Crippen molar-refractivity contribution in [2.24, 2.45) is 0 Å². The molecular weight excluding hydrogens is 290 g/mol. The lowest BCUT2D eigenvalue weighted by molar-refractivity contribution is -0.116. The molecule has 2 aromatic rings. The second-order valence-electron chi connectivity index (χ2n) is 4.61. The molecule has 1 atom stereocenters. The van der Waals surface area contributed by atoms with Gasteiger partial charge < -0.3 is 4.90 Å². The highest BCUT2D eigenvalue weighted by Gasteiger charge is 2.24. The predicted molar refractivity (Wildman–Crippen MR) is 86.8 cm³/mol. The van der Waals surface area contributed by atoms with Gasteiger partial charge in [0, 0.05) is 5.69 Å². The molecule has 0 aliphatic carbocycles. The molecule has 2 nitrogen and oxygen atoms in total. The third-order valence-electron chi connectivity index (χ3n) is 3.43. The summed E-state index contributed by atoms with van der Waals surface area (Å²) < 4.78 is 0. The molecule has 0 radical (unpaired) electrons. The standard InChI is InChI=1S/C16H18ClNOS/c1-3-13-6-4-5-7-15(13)18(16(19)10-17)12(2)14-8-9-20-11-14/h4-9,11-12H,3,10H2,1-2H3. The first kappa shape index (κ1) is 15.1. The molecule has 0 saturated heterocycles. The van der Waals surface area contributed by atoms with Gasteiger partial charge in [-0.1, -0.05) is 25.1 Å². The Labute approximate surface area is 129 Å². The van der Waals surface area contributed by atoms with Crippen molar-refractivity contribution in [3.63, 3.8) is 0 Å². The molecule has 2 rings (SSSR count). The van der Waals surface area contributed by atoms with Crippen LogP contribution in [-0.4, -0.2) is 11.8 Å². The van der Waals surface area contributed by atoms with Gasteiger partial charge in [0.15, 0.2) is 0 Å². The minimum atomic E-state index is -0.0636. The smallest absolute Gasteiger partial charge is 0.242 e. The highest BCUT2D eigenvalue weighted by molar-refractivity contribution is 7.08. The van der Waals surface area contributed by atoms with Gasteiger partial charge in [0.1, 0.15) is 5.88 Å². The average Bonchev–Trinajstić information content (AvgIpc) is 3.02. The highest BCUT2D eigenvalue weighted by Crippen LogP contribution is 2.31. The van der Waals surface area contributed by atoms with Crippen LogP contribution in [0.5, 0.6) is 0 Å². The minimum absolute atomic E-state index is 0.00741. The first-order valence-electron chi connectivity index (χ1n) is 6.67. The topological polar surface area (TPSA) is 20.3 Å². The predicted octanol–water partition coefficient (Wildman–Crippen LogP) is 4.64. The Bertz CT molecular complexity index is 568. The van der Waals surface area contributed by atoms with E-state index in [9.17, 15) is 4.79 Å². The van der Waals surface area contributed by atoms with Crippen LogP contribution in [0, 0.1) is 0 Å². The zero-order chi connectivity index (χ0) is 14.5.